The lowest BCUT2D eigenvalue weighted by Gasteiger charge is -1.83. The van der Waals surface area contributed by atoms with Crippen molar-refractivity contribution in [3.05, 3.63) is 0 Å². The van der Waals surface area contributed by atoms with Gasteiger partial charge in [-0.05, 0) is 14.1 Å². The quantitative estimate of drug-likeness (QED) is 0.406. The molecule has 29 valence electrons. The van der Waals surface area contributed by atoms with E-state index < -0.39 is 0 Å². The summed E-state index contributed by atoms with van der Waals surface area (Å²) in [5, 5.41) is 5.56. The van der Waals surface area contributed by atoms with Gasteiger partial charge in [-0.2, -0.15) is 0 Å². The highest BCUT2D eigenvalue weighted by molar-refractivity contribution is 6.28. The van der Waals surface area contributed by atoms with Crippen molar-refractivity contribution in [2.24, 2.45) is 0 Å². The molecule has 0 aromatic rings. The summed E-state index contributed by atoms with van der Waals surface area (Å²) in [5.41, 5.74) is 0. The number of nitrogens with one attached hydrogen (secondary N) is 2. The van der Waals surface area contributed by atoms with Crippen LogP contribution >= 0.6 is 0 Å². The maximum absolute atomic E-state index is 2.78. The zero-order valence-corrected chi connectivity index (χ0v) is 3.58. The second-order valence-electron chi connectivity index (χ2n) is 0.722. The summed E-state index contributed by atoms with van der Waals surface area (Å²) in [4.78, 5) is 0. The largest absolute Gasteiger partial charge is 0.348 e. The monoisotopic (exact) mass is 71.1 g/mol. The van der Waals surface area contributed by atoms with Gasteiger partial charge in [-0.3, -0.25) is 0 Å². The molecule has 0 heterocycles. The minimum Gasteiger partial charge on any atom is -0.348 e. The maximum atomic E-state index is 2.78. The highest BCUT2D eigenvalue weighted by Gasteiger charge is 1.69. The number of hydrogen-bond acceptors (Lipinski definition) is 2. The molecule has 1 radical (unpaired) electrons. The van der Waals surface area contributed by atoms with Gasteiger partial charge in [-0.1, -0.05) is 0 Å². The van der Waals surface area contributed by atoms with Crippen LogP contribution in [0.1, 0.15) is 0 Å². The Morgan fingerprint density at radius 2 is 1.60 bits per heavy atom. The van der Waals surface area contributed by atoms with Gasteiger partial charge in [-0.15, -0.1) is 0 Å². The molecule has 0 spiro atoms. The Morgan fingerprint density at radius 3 is 1.60 bits per heavy atom. The first-order chi connectivity index (χ1) is 2.41. The first kappa shape index (κ1) is 4.98. The second-order valence-corrected chi connectivity index (χ2v) is 0.722. The summed E-state index contributed by atoms with van der Waals surface area (Å²) in [6.45, 7) is 0. The summed E-state index contributed by atoms with van der Waals surface area (Å²) in [5.74, 6) is 0. The standard InChI is InChI=1S/C2H8BN2/c1-4-3-5-2/h4-5H,1-2H3. The predicted molar refractivity (Wildman–Crippen MR) is 23.9 cm³/mol. The fourth-order valence-electron chi connectivity index (χ4n) is 0.144. The molecule has 0 saturated carbocycles. The van der Waals surface area contributed by atoms with Crippen molar-refractivity contribution in [2.45, 2.75) is 0 Å². The molecule has 0 aliphatic rings. The Kier molecular flexibility index (Phi) is 3.97. The molecule has 0 atom stereocenters. The molecule has 5 heavy (non-hydrogen) atoms. The van der Waals surface area contributed by atoms with Crippen LogP contribution in [0.4, 0.5) is 0 Å². The zero-order valence-electron chi connectivity index (χ0n) is 3.58. The van der Waals surface area contributed by atoms with Crippen molar-refractivity contribution >= 4 is 7.55 Å². The summed E-state index contributed by atoms with van der Waals surface area (Å²) >= 11 is 0. The van der Waals surface area contributed by atoms with Gasteiger partial charge >= 0.3 is 7.55 Å². The van der Waals surface area contributed by atoms with Crippen LogP contribution < -0.4 is 10.5 Å². The van der Waals surface area contributed by atoms with Crippen LogP contribution in [-0.2, 0) is 0 Å². The normalized spacial score (nSPS) is 7.60. The van der Waals surface area contributed by atoms with E-state index in [0.29, 0.717) is 0 Å². The maximum Gasteiger partial charge on any atom is 0.306 e. The Morgan fingerprint density at radius 1 is 1.20 bits per heavy atom. The van der Waals surface area contributed by atoms with Crippen LogP contribution in [0.5, 0.6) is 0 Å². The van der Waals surface area contributed by atoms with E-state index in [0.717, 1.165) is 0 Å². The van der Waals surface area contributed by atoms with Gasteiger partial charge in [0.25, 0.3) is 0 Å². The van der Waals surface area contributed by atoms with Crippen molar-refractivity contribution in [1.82, 2.24) is 10.5 Å². The van der Waals surface area contributed by atoms with Crippen LogP contribution in [0.25, 0.3) is 0 Å². The van der Waals surface area contributed by atoms with E-state index in [9.17, 15) is 0 Å². The molecule has 0 aromatic heterocycles. The minimum atomic E-state index is 1.75. The van der Waals surface area contributed by atoms with E-state index in [2.05, 4.69) is 10.5 Å². The van der Waals surface area contributed by atoms with Crippen molar-refractivity contribution in [3.8, 4) is 0 Å². The van der Waals surface area contributed by atoms with Crippen LogP contribution in [0, 0.1) is 0 Å². The Hall–Kier alpha value is -0.0151. The summed E-state index contributed by atoms with van der Waals surface area (Å²) in [7, 11) is 5.44. The molecule has 0 fully saturated rings. The lowest BCUT2D eigenvalue weighted by Crippen LogP contribution is -2.26. The van der Waals surface area contributed by atoms with E-state index in [4.69, 9.17) is 0 Å². The molecule has 0 unspecified atom stereocenters. The average molecular weight is 70.9 g/mol. The topological polar surface area (TPSA) is 24.1 Å². The third kappa shape index (κ3) is 3.98. The highest BCUT2D eigenvalue weighted by atomic mass is 14.9. The lowest BCUT2D eigenvalue weighted by molar-refractivity contribution is 1.13. The molecule has 2 nitrogen and oxygen atoms in total. The van der Waals surface area contributed by atoms with E-state index in [1.807, 2.05) is 14.1 Å². The summed E-state index contributed by atoms with van der Waals surface area (Å²) < 4.78 is 0. The van der Waals surface area contributed by atoms with Crippen molar-refractivity contribution in [3.63, 3.8) is 0 Å². The third-order valence-corrected chi connectivity index (χ3v) is 0.289. The number of hydrogen-bond donors (Lipinski definition) is 2. The molecule has 2 N–H and O–H groups in total. The smallest absolute Gasteiger partial charge is 0.306 e. The first-order valence-corrected chi connectivity index (χ1v) is 1.58. The van der Waals surface area contributed by atoms with Gasteiger partial charge < -0.3 is 10.5 Å². The molecular formula is C2H8BN2. The summed E-state index contributed by atoms with van der Waals surface area (Å²) in [6.07, 6.45) is 0. The van der Waals surface area contributed by atoms with Gasteiger partial charge in [-0.25, -0.2) is 0 Å². The molecule has 0 amide bonds. The molecular weight excluding hydrogens is 62.8 g/mol. The van der Waals surface area contributed by atoms with Crippen LogP contribution in [0.2, 0.25) is 0 Å². The van der Waals surface area contributed by atoms with Crippen LogP contribution in [0.3, 0.4) is 0 Å². The lowest BCUT2D eigenvalue weighted by atomic mass is 10.2. The van der Waals surface area contributed by atoms with Gasteiger partial charge in [0, 0.05) is 0 Å². The molecule has 3 heteroatoms. The van der Waals surface area contributed by atoms with E-state index in [1.165, 1.54) is 0 Å². The van der Waals surface area contributed by atoms with E-state index in [-0.39, 0.29) is 0 Å². The number of rotatable bonds is 2. The van der Waals surface area contributed by atoms with Crippen molar-refractivity contribution in [1.29, 1.82) is 0 Å². The molecule has 0 aliphatic carbocycles. The van der Waals surface area contributed by atoms with Gasteiger partial charge in [0.15, 0.2) is 0 Å². The van der Waals surface area contributed by atoms with Crippen molar-refractivity contribution in [2.75, 3.05) is 14.1 Å². The predicted octanol–water partition coefficient (Wildman–Crippen LogP) is -1.04. The average Bonchev–Trinajstić information content (AvgIpc) is 1.41. The Bertz CT molecular complexity index is 15.1. The molecule has 0 aromatic carbocycles. The first-order valence-electron chi connectivity index (χ1n) is 1.58. The molecule has 0 bridgehead atoms. The summed E-state index contributed by atoms with van der Waals surface area (Å²) in [6, 6.07) is 0. The zero-order chi connectivity index (χ0) is 4.12. The van der Waals surface area contributed by atoms with Crippen molar-refractivity contribution < 1.29 is 0 Å². The third-order valence-electron chi connectivity index (χ3n) is 0.289. The van der Waals surface area contributed by atoms with Crippen LogP contribution in [0.15, 0.2) is 0 Å². The van der Waals surface area contributed by atoms with Crippen LogP contribution in [-0.4, -0.2) is 21.6 Å². The highest BCUT2D eigenvalue weighted by Crippen LogP contribution is 1.23. The minimum absolute atomic E-state index is 1.75. The Labute approximate surface area is 33.2 Å². The van der Waals surface area contributed by atoms with E-state index in [1.54, 1.807) is 7.55 Å². The molecule has 0 saturated heterocycles. The van der Waals surface area contributed by atoms with Gasteiger partial charge in [0.05, 0.1) is 0 Å². The van der Waals surface area contributed by atoms with Gasteiger partial charge in [0.2, 0.25) is 0 Å². The fourth-order valence-corrected chi connectivity index (χ4v) is 0.144. The SMILES string of the molecule is CN[B]NC. The van der Waals surface area contributed by atoms with E-state index >= 15 is 0 Å². The second kappa shape index (κ2) is 3.98. The van der Waals surface area contributed by atoms with Gasteiger partial charge in [0.1, 0.15) is 0 Å². The molecule has 0 rings (SSSR count). The molecule has 0 aliphatic heterocycles. The fraction of sp³-hybridized carbons (Fsp3) is 1.00. The Balaban J connectivity index is 2.19.